The number of rotatable bonds is 0. The van der Waals surface area contributed by atoms with Crippen LogP contribution in [0.25, 0.3) is 0 Å². The molecule has 0 saturated heterocycles. The summed E-state index contributed by atoms with van der Waals surface area (Å²) >= 11 is 0. The van der Waals surface area contributed by atoms with E-state index in [9.17, 15) is 0 Å². The van der Waals surface area contributed by atoms with Crippen molar-refractivity contribution in [1.82, 2.24) is 0 Å². The summed E-state index contributed by atoms with van der Waals surface area (Å²) < 4.78 is 0. The molecular weight excluding hydrogens is 155 g/mol. The van der Waals surface area contributed by atoms with Gasteiger partial charge in [-0.1, -0.05) is 63.6 Å². The van der Waals surface area contributed by atoms with Crippen LogP contribution in [0.15, 0.2) is 0 Å². The van der Waals surface area contributed by atoms with Gasteiger partial charge in [-0.15, -0.1) is 0 Å². The lowest BCUT2D eigenvalue weighted by Gasteiger charge is -2.33. The molecule has 0 aliphatic heterocycles. The first kappa shape index (κ1) is 9.61. The first-order valence-corrected chi connectivity index (χ1v) is 5.96. The van der Waals surface area contributed by atoms with Gasteiger partial charge in [0.2, 0.25) is 0 Å². The van der Waals surface area contributed by atoms with E-state index in [0.717, 1.165) is 11.8 Å². The van der Waals surface area contributed by atoms with Crippen LogP contribution in [0.3, 0.4) is 0 Å². The second-order valence-corrected chi connectivity index (χ2v) is 5.55. The van der Waals surface area contributed by atoms with Crippen LogP contribution in [-0.2, 0) is 0 Å². The summed E-state index contributed by atoms with van der Waals surface area (Å²) in [7, 11) is 6.28. The van der Waals surface area contributed by atoms with E-state index in [1.807, 2.05) is 0 Å². The molecule has 0 aromatic heterocycles. The molecule has 1 heteroatoms. The van der Waals surface area contributed by atoms with Crippen molar-refractivity contribution >= 4 is 7.85 Å². The number of hydrogen-bond acceptors (Lipinski definition) is 0. The molecule has 0 nitrogen and oxygen atoms in total. The first-order valence-electron chi connectivity index (χ1n) is 5.96. The van der Waals surface area contributed by atoms with Crippen LogP contribution in [0.1, 0.15) is 58.3 Å². The minimum atomic E-state index is 0.150. The molecule has 0 spiro atoms. The van der Waals surface area contributed by atoms with E-state index in [2.05, 4.69) is 6.92 Å². The molecule has 2 radical (unpaired) electrons. The van der Waals surface area contributed by atoms with Gasteiger partial charge in [-0.25, -0.2) is 0 Å². The first-order chi connectivity index (χ1) is 6.17. The summed E-state index contributed by atoms with van der Waals surface area (Å²) in [4.78, 5) is 0. The molecule has 0 aromatic carbocycles. The fourth-order valence-electron chi connectivity index (χ4n) is 3.40. The molecule has 2 aliphatic carbocycles. The van der Waals surface area contributed by atoms with Crippen LogP contribution in [0.4, 0.5) is 0 Å². The van der Waals surface area contributed by atoms with Crippen LogP contribution >= 0.6 is 0 Å². The average molecular weight is 176 g/mol. The highest BCUT2D eigenvalue weighted by Crippen LogP contribution is 2.47. The summed E-state index contributed by atoms with van der Waals surface area (Å²) in [6, 6.07) is 0. The largest absolute Gasteiger partial charge is 0.0742 e. The second-order valence-electron chi connectivity index (χ2n) is 5.55. The Bertz CT molecular complexity index is 174. The monoisotopic (exact) mass is 176 g/mol. The van der Waals surface area contributed by atoms with Gasteiger partial charge >= 0.3 is 0 Å². The van der Waals surface area contributed by atoms with Gasteiger partial charge in [0.25, 0.3) is 0 Å². The summed E-state index contributed by atoms with van der Waals surface area (Å²) in [6.45, 7) is 2.25. The number of hydrogen-bond donors (Lipinski definition) is 0. The van der Waals surface area contributed by atoms with E-state index >= 15 is 0 Å². The Morgan fingerprint density at radius 2 is 1.62 bits per heavy atom. The van der Waals surface area contributed by atoms with Gasteiger partial charge < -0.3 is 0 Å². The van der Waals surface area contributed by atoms with Crippen molar-refractivity contribution in [3.63, 3.8) is 0 Å². The van der Waals surface area contributed by atoms with Gasteiger partial charge in [0, 0.05) is 0 Å². The zero-order valence-corrected chi connectivity index (χ0v) is 8.89. The Labute approximate surface area is 83.9 Å². The third kappa shape index (κ3) is 2.30. The van der Waals surface area contributed by atoms with Crippen LogP contribution in [0.5, 0.6) is 0 Å². The van der Waals surface area contributed by atoms with E-state index in [1.54, 1.807) is 0 Å². The molecule has 2 aliphatic rings. The van der Waals surface area contributed by atoms with Crippen molar-refractivity contribution in [2.75, 3.05) is 0 Å². The van der Waals surface area contributed by atoms with Crippen LogP contribution < -0.4 is 0 Å². The van der Waals surface area contributed by atoms with E-state index in [-0.39, 0.29) is 5.31 Å². The maximum atomic E-state index is 6.28. The Morgan fingerprint density at radius 3 is 2.38 bits per heavy atom. The molecule has 2 rings (SSSR count). The molecule has 0 N–H and O–H groups in total. The zero-order chi connectivity index (χ0) is 9.31. The summed E-state index contributed by atoms with van der Waals surface area (Å²) in [5, 5.41) is 0.150. The Morgan fingerprint density at radius 1 is 1.00 bits per heavy atom. The lowest BCUT2D eigenvalue weighted by atomic mass is 9.62. The van der Waals surface area contributed by atoms with E-state index in [4.69, 9.17) is 7.85 Å². The maximum Gasteiger partial charge on any atom is 0.0742 e. The molecule has 2 saturated carbocycles. The molecule has 3 unspecified atom stereocenters. The van der Waals surface area contributed by atoms with Crippen molar-refractivity contribution in [2.24, 2.45) is 11.8 Å². The highest BCUT2D eigenvalue weighted by Gasteiger charge is 2.32. The Balaban J connectivity index is 2.03. The highest BCUT2D eigenvalue weighted by molar-refractivity contribution is 6.14. The van der Waals surface area contributed by atoms with Crippen molar-refractivity contribution in [3.05, 3.63) is 0 Å². The van der Waals surface area contributed by atoms with Crippen molar-refractivity contribution in [3.8, 4) is 0 Å². The van der Waals surface area contributed by atoms with Crippen molar-refractivity contribution in [2.45, 2.75) is 63.6 Å². The van der Waals surface area contributed by atoms with E-state index in [0.29, 0.717) is 0 Å². The second kappa shape index (κ2) is 3.67. The Kier molecular flexibility index (Phi) is 2.71. The fourth-order valence-corrected chi connectivity index (χ4v) is 3.40. The smallest absolute Gasteiger partial charge is 0.0686 e. The lowest BCUT2D eigenvalue weighted by Crippen LogP contribution is -2.21. The summed E-state index contributed by atoms with van der Waals surface area (Å²) in [6.07, 6.45) is 11.2. The number of fused-ring (bicyclic) bond motifs is 1. The molecular formula is C12H21B. The van der Waals surface area contributed by atoms with Gasteiger partial charge in [0.1, 0.15) is 0 Å². The topological polar surface area (TPSA) is 0 Å². The third-order valence-corrected chi connectivity index (χ3v) is 4.12. The summed E-state index contributed by atoms with van der Waals surface area (Å²) in [5.41, 5.74) is 0. The molecule has 3 atom stereocenters. The van der Waals surface area contributed by atoms with Gasteiger partial charge in [-0.2, -0.15) is 0 Å². The van der Waals surface area contributed by atoms with Crippen LogP contribution in [-0.4, -0.2) is 7.85 Å². The zero-order valence-electron chi connectivity index (χ0n) is 8.89. The van der Waals surface area contributed by atoms with Crippen LogP contribution in [0, 0.1) is 11.8 Å². The minimum Gasteiger partial charge on any atom is -0.0686 e. The summed E-state index contributed by atoms with van der Waals surface area (Å²) in [5.74, 6) is 1.99. The van der Waals surface area contributed by atoms with Gasteiger partial charge in [0.05, 0.1) is 7.85 Å². The van der Waals surface area contributed by atoms with E-state index in [1.165, 1.54) is 51.4 Å². The fraction of sp³-hybridized carbons (Fsp3) is 1.00. The maximum absolute atomic E-state index is 6.28. The predicted octanol–water partition coefficient (Wildman–Crippen LogP) is 3.71. The average Bonchev–Trinajstić information content (AvgIpc) is 2.21. The molecule has 0 heterocycles. The molecule has 0 aromatic rings. The highest BCUT2D eigenvalue weighted by atomic mass is 14.4. The minimum absolute atomic E-state index is 0.150. The molecule has 2 fully saturated rings. The van der Waals surface area contributed by atoms with Crippen molar-refractivity contribution < 1.29 is 0 Å². The molecule has 0 amide bonds. The Hall–Kier alpha value is 0.0649. The SMILES string of the molecule is [B]C1(C)CCCC2CCCCC2C1. The standard InChI is InChI=1S/C12H21B/c1-12(13)8-4-7-10-5-2-3-6-11(10)9-12/h10-11H,2-9H2,1H3. The van der Waals surface area contributed by atoms with Gasteiger partial charge in [-0.3, -0.25) is 0 Å². The predicted molar refractivity (Wildman–Crippen MR) is 58.0 cm³/mol. The molecule has 13 heavy (non-hydrogen) atoms. The van der Waals surface area contributed by atoms with Gasteiger partial charge in [0.15, 0.2) is 0 Å². The van der Waals surface area contributed by atoms with Gasteiger partial charge in [-0.05, 0) is 11.8 Å². The van der Waals surface area contributed by atoms with Crippen LogP contribution in [0.2, 0.25) is 5.31 Å². The third-order valence-electron chi connectivity index (χ3n) is 4.12. The normalized spacial score (nSPS) is 46.5. The lowest BCUT2D eigenvalue weighted by molar-refractivity contribution is 0.215. The molecule has 0 bridgehead atoms. The van der Waals surface area contributed by atoms with E-state index < -0.39 is 0 Å². The quantitative estimate of drug-likeness (QED) is 0.493. The molecule has 72 valence electrons. The van der Waals surface area contributed by atoms with Crippen molar-refractivity contribution in [1.29, 1.82) is 0 Å².